The van der Waals surface area contributed by atoms with Crippen molar-refractivity contribution in [3.05, 3.63) is 111 Å². The summed E-state index contributed by atoms with van der Waals surface area (Å²) >= 11 is 1.37. The first-order chi connectivity index (χ1) is 25.0. The van der Waals surface area contributed by atoms with Crippen LogP contribution in [0.5, 0.6) is 0 Å². The number of carbonyl (C=O) groups is 4. The van der Waals surface area contributed by atoms with Gasteiger partial charge in [0.05, 0.1) is 29.7 Å². The maximum absolute atomic E-state index is 13.8. The van der Waals surface area contributed by atoms with Crippen molar-refractivity contribution in [2.75, 3.05) is 31.4 Å². The molecule has 2 aliphatic carbocycles. The summed E-state index contributed by atoms with van der Waals surface area (Å²) < 4.78 is 38.1. The van der Waals surface area contributed by atoms with Crippen molar-refractivity contribution >= 4 is 55.8 Å². The van der Waals surface area contributed by atoms with Crippen LogP contribution in [0.3, 0.4) is 0 Å². The second-order valence-electron chi connectivity index (χ2n) is 13.0. The van der Waals surface area contributed by atoms with E-state index in [9.17, 15) is 27.6 Å². The van der Waals surface area contributed by atoms with Gasteiger partial charge in [0.2, 0.25) is 10.0 Å². The van der Waals surface area contributed by atoms with Crippen molar-refractivity contribution in [3.8, 4) is 0 Å². The Morgan fingerprint density at radius 1 is 0.846 bits per heavy atom. The number of fused-ring (bicyclic) bond motifs is 1. The zero-order chi connectivity index (χ0) is 37.0. The number of methoxy groups -OCH3 is 1. The van der Waals surface area contributed by atoms with E-state index in [1.165, 1.54) is 49.8 Å². The number of likely N-dealkylation sites (N-methyl/N-ethyl adjacent to an activating group) is 1. The highest BCUT2D eigenvalue weighted by molar-refractivity contribution is 7.89. The van der Waals surface area contributed by atoms with Gasteiger partial charge < -0.3 is 20.1 Å². The van der Waals surface area contributed by atoms with Gasteiger partial charge >= 0.3 is 11.9 Å². The average molecular weight is 744 g/mol. The standard InChI is InChI=1S/C39H41N3O8S2/c1-4-50-38(46)39(22-23-39)42(2)52(47,48)30-9-7-8-28(24-30)34(43)41-36-33(31-10-5-6-11-32(31)51-36)35(44)40-29-20-16-26(17-21-29)13-12-25-14-18-27(19-15-25)37(45)49-3/h7-9,14-21,24H,4-6,10-13,22-23H2,1-3H3,(H,40,44)(H,41,43). The van der Waals surface area contributed by atoms with E-state index in [2.05, 4.69) is 10.6 Å². The monoisotopic (exact) mass is 743 g/mol. The number of nitrogens with zero attached hydrogens (tertiary/aromatic N) is 1. The molecule has 2 amide bonds. The summed E-state index contributed by atoms with van der Waals surface area (Å²) in [5.74, 6) is -1.84. The maximum Gasteiger partial charge on any atom is 0.337 e. The van der Waals surface area contributed by atoms with Gasteiger partial charge in [0.15, 0.2) is 0 Å². The molecule has 11 nitrogen and oxygen atoms in total. The molecule has 1 aromatic heterocycles. The predicted molar refractivity (Wildman–Crippen MR) is 198 cm³/mol. The highest BCUT2D eigenvalue weighted by atomic mass is 32.2. The average Bonchev–Trinajstić information content (AvgIpc) is 3.89. The molecule has 52 heavy (non-hydrogen) atoms. The quantitative estimate of drug-likeness (QED) is 0.149. The summed E-state index contributed by atoms with van der Waals surface area (Å²) in [6, 6.07) is 20.6. The minimum atomic E-state index is -4.14. The van der Waals surface area contributed by atoms with Crippen molar-refractivity contribution in [2.24, 2.45) is 0 Å². The summed E-state index contributed by atoms with van der Waals surface area (Å²) in [5, 5.41) is 6.31. The second-order valence-corrected chi connectivity index (χ2v) is 16.0. The molecule has 0 radical (unpaired) electrons. The van der Waals surface area contributed by atoms with E-state index in [1.807, 2.05) is 36.4 Å². The van der Waals surface area contributed by atoms with Crippen LogP contribution >= 0.6 is 11.3 Å². The SMILES string of the molecule is CCOC(=O)C1(N(C)S(=O)(=O)c2cccc(C(=O)Nc3sc4c(c3C(=O)Nc3ccc(CCc5ccc(C(=O)OC)cc5)cc3)CCCC4)c2)CC1. The van der Waals surface area contributed by atoms with Crippen LogP contribution in [-0.2, 0) is 50.0 Å². The molecule has 1 heterocycles. The van der Waals surface area contributed by atoms with Gasteiger partial charge in [-0.2, -0.15) is 4.31 Å². The summed E-state index contributed by atoms with van der Waals surface area (Å²) in [4.78, 5) is 52.7. The zero-order valence-electron chi connectivity index (χ0n) is 29.3. The molecule has 2 aliphatic rings. The number of hydrogen-bond acceptors (Lipinski definition) is 9. The van der Waals surface area contributed by atoms with E-state index in [0.717, 1.165) is 58.0 Å². The number of aryl methyl sites for hydroxylation is 3. The lowest BCUT2D eigenvalue weighted by Crippen LogP contribution is -2.45. The number of anilines is 2. The van der Waals surface area contributed by atoms with Crippen LogP contribution in [0.25, 0.3) is 0 Å². The van der Waals surface area contributed by atoms with E-state index in [1.54, 1.807) is 19.1 Å². The molecule has 0 atom stereocenters. The molecule has 1 saturated carbocycles. The molecule has 4 aromatic rings. The summed E-state index contributed by atoms with van der Waals surface area (Å²) in [5.41, 5.74) is 3.48. The molecule has 1 fully saturated rings. The highest BCUT2D eigenvalue weighted by Crippen LogP contribution is 2.45. The van der Waals surface area contributed by atoms with Crippen LogP contribution in [0.4, 0.5) is 10.7 Å². The van der Waals surface area contributed by atoms with Gasteiger partial charge in [-0.15, -0.1) is 11.3 Å². The largest absolute Gasteiger partial charge is 0.465 e. The maximum atomic E-state index is 13.8. The van der Waals surface area contributed by atoms with Crippen molar-refractivity contribution in [1.29, 1.82) is 0 Å². The molecule has 3 aromatic carbocycles. The van der Waals surface area contributed by atoms with Crippen molar-refractivity contribution in [3.63, 3.8) is 0 Å². The Hall–Kier alpha value is -4.85. The minimum absolute atomic E-state index is 0.100. The number of ether oxygens (including phenoxy) is 2. The molecule has 0 saturated heterocycles. The lowest BCUT2D eigenvalue weighted by atomic mass is 9.95. The van der Waals surface area contributed by atoms with E-state index in [-0.39, 0.29) is 28.9 Å². The van der Waals surface area contributed by atoms with Crippen molar-refractivity contribution in [1.82, 2.24) is 4.31 Å². The van der Waals surface area contributed by atoms with Gasteiger partial charge in [-0.3, -0.25) is 14.4 Å². The Morgan fingerprint density at radius 3 is 2.13 bits per heavy atom. The summed E-state index contributed by atoms with van der Waals surface area (Å²) in [6.45, 7) is 1.81. The fourth-order valence-corrected chi connectivity index (χ4v) is 9.29. The number of amides is 2. The van der Waals surface area contributed by atoms with Gasteiger partial charge in [0, 0.05) is 23.2 Å². The van der Waals surface area contributed by atoms with Crippen molar-refractivity contribution in [2.45, 2.75) is 68.7 Å². The van der Waals surface area contributed by atoms with Gasteiger partial charge in [-0.25, -0.2) is 13.2 Å². The smallest absolute Gasteiger partial charge is 0.337 e. The number of carbonyl (C=O) groups excluding carboxylic acids is 4. The number of sulfonamides is 1. The van der Waals surface area contributed by atoms with Crippen LogP contribution in [0, 0.1) is 0 Å². The first kappa shape index (κ1) is 36.9. The number of thiophene rings is 1. The van der Waals surface area contributed by atoms with Gasteiger partial charge in [-0.1, -0.05) is 30.3 Å². The Balaban J connectivity index is 1.15. The fourth-order valence-electron chi connectivity index (χ4n) is 6.45. The molecular weight excluding hydrogens is 703 g/mol. The Kier molecular flexibility index (Phi) is 10.9. The lowest BCUT2D eigenvalue weighted by Gasteiger charge is -2.25. The molecule has 272 valence electrons. The molecule has 0 unspecified atom stereocenters. The van der Waals surface area contributed by atoms with E-state index in [4.69, 9.17) is 9.47 Å². The van der Waals surface area contributed by atoms with Gasteiger partial charge in [-0.05, 0) is 117 Å². The normalized spacial score (nSPS) is 14.6. The summed E-state index contributed by atoms with van der Waals surface area (Å²) in [7, 11) is -1.42. The number of esters is 2. The first-order valence-electron chi connectivity index (χ1n) is 17.3. The van der Waals surface area contributed by atoms with Crippen LogP contribution < -0.4 is 10.6 Å². The number of nitrogens with one attached hydrogen (secondary N) is 2. The van der Waals surface area contributed by atoms with Crippen molar-refractivity contribution < 1.29 is 37.1 Å². The fraction of sp³-hybridized carbons (Fsp3) is 0.333. The second kappa shape index (κ2) is 15.4. The molecule has 0 spiro atoms. The topological polar surface area (TPSA) is 148 Å². The lowest BCUT2D eigenvalue weighted by molar-refractivity contribution is -0.148. The van der Waals surface area contributed by atoms with Crippen LogP contribution in [0.1, 0.15) is 85.2 Å². The molecular formula is C39H41N3O8S2. The Labute approximate surface area is 307 Å². The Morgan fingerprint density at radius 2 is 1.50 bits per heavy atom. The first-order valence-corrected chi connectivity index (χ1v) is 19.5. The van der Waals surface area contributed by atoms with Crippen LogP contribution in [0.2, 0.25) is 0 Å². The zero-order valence-corrected chi connectivity index (χ0v) is 31.0. The highest BCUT2D eigenvalue weighted by Gasteiger charge is 2.58. The Bertz CT molecular complexity index is 2100. The van der Waals surface area contributed by atoms with Gasteiger partial charge in [0.25, 0.3) is 11.8 Å². The third kappa shape index (κ3) is 7.67. The van der Waals surface area contributed by atoms with E-state index >= 15 is 0 Å². The molecule has 13 heteroatoms. The molecule has 0 bridgehead atoms. The molecule has 0 aliphatic heterocycles. The van der Waals surface area contributed by atoms with Crippen LogP contribution in [-0.4, -0.2) is 62.8 Å². The molecule has 2 N–H and O–H groups in total. The van der Waals surface area contributed by atoms with E-state index in [0.29, 0.717) is 41.1 Å². The summed E-state index contributed by atoms with van der Waals surface area (Å²) in [6.07, 6.45) is 5.69. The number of hydrogen-bond donors (Lipinski definition) is 2. The third-order valence-electron chi connectivity index (χ3n) is 9.65. The minimum Gasteiger partial charge on any atom is -0.465 e. The van der Waals surface area contributed by atoms with Gasteiger partial charge in [0.1, 0.15) is 10.5 Å². The predicted octanol–water partition coefficient (Wildman–Crippen LogP) is 6.42. The number of benzene rings is 3. The van der Waals surface area contributed by atoms with Crippen LogP contribution in [0.15, 0.2) is 77.7 Å². The number of rotatable bonds is 13. The third-order valence-corrected chi connectivity index (χ3v) is 12.8. The molecule has 6 rings (SSSR count). The van der Waals surface area contributed by atoms with E-state index < -0.39 is 27.4 Å².